The van der Waals surface area contributed by atoms with Gasteiger partial charge in [-0.2, -0.15) is 0 Å². The second kappa shape index (κ2) is 7.60. The Labute approximate surface area is 138 Å². The molecule has 0 spiro atoms. The van der Waals surface area contributed by atoms with Crippen LogP contribution in [-0.2, 0) is 11.3 Å². The standard InChI is InChI=1S/C16H15ClN2O4/c1-2-19(14-13(17)8-12(9-18-14)15(20)21)16(22)23-10-11-6-4-3-5-7-11/h3-9H,2,10H2,1H3,(H,20,21). The first-order valence-electron chi connectivity index (χ1n) is 6.90. The monoisotopic (exact) mass is 334 g/mol. The normalized spacial score (nSPS) is 10.2. The lowest BCUT2D eigenvalue weighted by Crippen LogP contribution is -2.32. The molecule has 0 radical (unpaired) electrons. The first-order valence-corrected chi connectivity index (χ1v) is 7.27. The number of anilines is 1. The van der Waals surface area contributed by atoms with Crippen LogP contribution in [0, 0.1) is 0 Å². The summed E-state index contributed by atoms with van der Waals surface area (Å²) in [5.74, 6) is -0.974. The van der Waals surface area contributed by atoms with E-state index >= 15 is 0 Å². The van der Waals surface area contributed by atoms with Gasteiger partial charge < -0.3 is 9.84 Å². The van der Waals surface area contributed by atoms with Gasteiger partial charge in [0.1, 0.15) is 6.61 Å². The Morgan fingerprint density at radius 3 is 2.57 bits per heavy atom. The third-order valence-corrected chi connectivity index (χ3v) is 3.34. The van der Waals surface area contributed by atoms with Gasteiger partial charge in [-0.05, 0) is 18.6 Å². The zero-order chi connectivity index (χ0) is 16.8. The first kappa shape index (κ1) is 16.8. The number of carboxylic acid groups (broad SMARTS) is 1. The van der Waals surface area contributed by atoms with E-state index in [-0.39, 0.29) is 29.6 Å². The summed E-state index contributed by atoms with van der Waals surface area (Å²) in [5, 5.41) is 8.98. The quantitative estimate of drug-likeness (QED) is 0.903. The lowest BCUT2D eigenvalue weighted by Gasteiger charge is -2.20. The number of amides is 1. The van der Waals surface area contributed by atoms with E-state index in [1.807, 2.05) is 30.3 Å². The Hall–Kier alpha value is -2.60. The van der Waals surface area contributed by atoms with Gasteiger partial charge in [0, 0.05) is 12.7 Å². The summed E-state index contributed by atoms with van der Waals surface area (Å²) in [6.07, 6.45) is 0.547. The highest BCUT2D eigenvalue weighted by atomic mass is 35.5. The molecule has 6 nitrogen and oxygen atoms in total. The Bertz CT molecular complexity index is 706. The molecule has 1 amide bonds. The number of aromatic nitrogens is 1. The van der Waals surface area contributed by atoms with Crippen molar-refractivity contribution in [2.24, 2.45) is 0 Å². The number of aromatic carboxylic acids is 1. The van der Waals surface area contributed by atoms with Crippen LogP contribution in [0.3, 0.4) is 0 Å². The Kier molecular flexibility index (Phi) is 5.54. The predicted octanol–water partition coefficient (Wildman–Crippen LogP) is 3.60. The maximum atomic E-state index is 12.2. The number of hydrogen-bond donors (Lipinski definition) is 1. The van der Waals surface area contributed by atoms with Crippen molar-refractivity contribution < 1.29 is 19.4 Å². The van der Waals surface area contributed by atoms with E-state index < -0.39 is 12.1 Å². The first-order chi connectivity index (χ1) is 11.0. The van der Waals surface area contributed by atoms with Crippen LogP contribution in [0.25, 0.3) is 0 Å². The molecule has 2 rings (SSSR count). The minimum Gasteiger partial charge on any atom is -0.478 e. The van der Waals surface area contributed by atoms with Gasteiger partial charge in [-0.15, -0.1) is 0 Å². The lowest BCUT2D eigenvalue weighted by atomic mass is 10.2. The molecule has 1 aromatic carbocycles. The van der Waals surface area contributed by atoms with Gasteiger partial charge in [0.25, 0.3) is 0 Å². The fourth-order valence-electron chi connectivity index (χ4n) is 1.91. The van der Waals surface area contributed by atoms with E-state index in [2.05, 4.69) is 4.98 Å². The molecule has 1 heterocycles. The highest BCUT2D eigenvalue weighted by molar-refractivity contribution is 6.33. The van der Waals surface area contributed by atoms with Crippen molar-refractivity contribution >= 4 is 29.5 Å². The number of carbonyl (C=O) groups is 2. The van der Waals surface area contributed by atoms with Gasteiger partial charge in [-0.25, -0.2) is 14.6 Å². The number of rotatable bonds is 5. The second-order valence-electron chi connectivity index (χ2n) is 4.62. The molecule has 1 N–H and O–H groups in total. The van der Waals surface area contributed by atoms with Crippen LogP contribution in [0.5, 0.6) is 0 Å². The molecule has 120 valence electrons. The molecule has 0 unspecified atom stereocenters. The number of benzene rings is 1. The van der Waals surface area contributed by atoms with Gasteiger partial charge in [0.15, 0.2) is 5.82 Å². The maximum absolute atomic E-state index is 12.2. The largest absolute Gasteiger partial charge is 0.478 e. The number of nitrogens with zero attached hydrogens (tertiary/aromatic N) is 2. The summed E-state index contributed by atoms with van der Waals surface area (Å²) >= 11 is 6.03. The summed E-state index contributed by atoms with van der Waals surface area (Å²) in [4.78, 5) is 28.3. The Balaban J connectivity index is 2.12. The molecule has 0 saturated carbocycles. The molecular weight excluding hydrogens is 320 g/mol. The van der Waals surface area contributed by atoms with Crippen LogP contribution in [0.1, 0.15) is 22.8 Å². The Morgan fingerprint density at radius 2 is 2.00 bits per heavy atom. The lowest BCUT2D eigenvalue weighted by molar-refractivity contribution is 0.0696. The van der Waals surface area contributed by atoms with Gasteiger partial charge in [0.2, 0.25) is 0 Å². The van der Waals surface area contributed by atoms with Crippen molar-refractivity contribution in [2.45, 2.75) is 13.5 Å². The van der Waals surface area contributed by atoms with E-state index in [1.165, 1.54) is 11.0 Å². The summed E-state index contributed by atoms with van der Waals surface area (Å²) < 4.78 is 5.24. The highest BCUT2D eigenvalue weighted by Gasteiger charge is 2.20. The van der Waals surface area contributed by atoms with Crippen molar-refractivity contribution in [1.82, 2.24) is 4.98 Å². The molecule has 0 aliphatic rings. The topological polar surface area (TPSA) is 79.7 Å². The van der Waals surface area contributed by atoms with E-state index in [9.17, 15) is 9.59 Å². The molecule has 0 bridgehead atoms. The molecule has 1 aromatic heterocycles. The van der Waals surface area contributed by atoms with Crippen LogP contribution in [0.15, 0.2) is 42.6 Å². The fourth-order valence-corrected chi connectivity index (χ4v) is 2.18. The summed E-state index contributed by atoms with van der Waals surface area (Å²) in [5.41, 5.74) is 0.810. The average Bonchev–Trinajstić information content (AvgIpc) is 2.55. The van der Waals surface area contributed by atoms with Crippen LogP contribution in [-0.4, -0.2) is 28.7 Å². The zero-order valence-corrected chi connectivity index (χ0v) is 13.2. The van der Waals surface area contributed by atoms with Crippen molar-refractivity contribution in [1.29, 1.82) is 0 Å². The molecular formula is C16H15ClN2O4. The zero-order valence-electron chi connectivity index (χ0n) is 12.4. The summed E-state index contributed by atoms with van der Waals surface area (Å²) in [7, 11) is 0. The van der Waals surface area contributed by atoms with E-state index in [1.54, 1.807) is 6.92 Å². The smallest absolute Gasteiger partial charge is 0.415 e. The van der Waals surface area contributed by atoms with Crippen molar-refractivity contribution in [3.63, 3.8) is 0 Å². The molecule has 0 saturated heterocycles. The molecule has 0 aliphatic carbocycles. The van der Waals surface area contributed by atoms with Crippen LogP contribution >= 0.6 is 11.6 Å². The fraction of sp³-hybridized carbons (Fsp3) is 0.188. The van der Waals surface area contributed by atoms with Gasteiger partial charge in [0.05, 0.1) is 10.6 Å². The van der Waals surface area contributed by atoms with Crippen molar-refractivity contribution in [3.05, 3.63) is 58.7 Å². The van der Waals surface area contributed by atoms with Crippen LogP contribution in [0.4, 0.5) is 10.6 Å². The minimum absolute atomic E-state index is 0.0487. The van der Waals surface area contributed by atoms with Crippen LogP contribution in [0.2, 0.25) is 5.02 Å². The number of halogens is 1. The predicted molar refractivity (Wildman–Crippen MR) is 85.9 cm³/mol. The Morgan fingerprint density at radius 1 is 1.30 bits per heavy atom. The SMILES string of the molecule is CCN(C(=O)OCc1ccccc1)c1ncc(C(=O)O)cc1Cl. The van der Waals surface area contributed by atoms with Gasteiger partial charge >= 0.3 is 12.1 Å². The van der Waals surface area contributed by atoms with Crippen LogP contribution < -0.4 is 4.90 Å². The molecule has 0 fully saturated rings. The van der Waals surface area contributed by atoms with E-state index in [0.29, 0.717) is 0 Å². The molecule has 7 heteroatoms. The molecule has 0 aliphatic heterocycles. The number of pyridine rings is 1. The number of carbonyl (C=O) groups excluding carboxylic acids is 1. The van der Waals surface area contributed by atoms with E-state index in [0.717, 1.165) is 11.8 Å². The maximum Gasteiger partial charge on any atom is 0.415 e. The van der Waals surface area contributed by atoms with E-state index in [4.69, 9.17) is 21.4 Å². The minimum atomic E-state index is -1.14. The number of hydrogen-bond acceptors (Lipinski definition) is 4. The number of carboxylic acids is 1. The number of ether oxygens (including phenoxy) is 1. The van der Waals surface area contributed by atoms with Crippen molar-refractivity contribution in [3.8, 4) is 0 Å². The van der Waals surface area contributed by atoms with Crippen molar-refractivity contribution in [2.75, 3.05) is 11.4 Å². The molecule has 23 heavy (non-hydrogen) atoms. The summed E-state index contributed by atoms with van der Waals surface area (Å²) in [6, 6.07) is 10.5. The highest BCUT2D eigenvalue weighted by Crippen LogP contribution is 2.25. The molecule has 0 atom stereocenters. The summed E-state index contributed by atoms with van der Waals surface area (Å²) in [6.45, 7) is 2.15. The van der Waals surface area contributed by atoms with Gasteiger partial charge in [-0.1, -0.05) is 41.9 Å². The second-order valence-corrected chi connectivity index (χ2v) is 5.03. The third kappa shape index (κ3) is 4.20. The average molecular weight is 335 g/mol. The van der Waals surface area contributed by atoms with Gasteiger partial charge in [-0.3, -0.25) is 4.90 Å². The third-order valence-electron chi connectivity index (χ3n) is 3.07. The molecule has 2 aromatic rings.